The number of rotatable bonds is 3. The zero-order chi connectivity index (χ0) is 18.7. The van der Waals surface area contributed by atoms with E-state index < -0.39 is 0 Å². The lowest BCUT2D eigenvalue weighted by molar-refractivity contribution is -0.0685. The Morgan fingerprint density at radius 2 is 1.46 bits per heavy atom. The molecule has 3 rings (SSSR count). The maximum absolute atomic E-state index is 12.7. The van der Waals surface area contributed by atoms with Crippen LogP contribution in [0.25, 0.3) is 0 Å². The van der Waals surface area contributed by atoms with Gasteiger partial charge in [0.15, 0.2) is 5.78 Å². The highest BCUT2D eigenvalue weighted by Gasteiger charge is 2.30. The Labute approximate surface area is 160 Å². The highest BCUT2D eigenvalue weighted by Crippen LogP contribution is 2.24. The summed E-state index contributed by atoms with van der Waals surface area (Å²) in [6.45, 7) is 5.00. The number of halogens is 1. The molecule has 1 aromatic rings. The van der Waals surface area contributed by atoms with Crippen molar-refractivity contribution in [1.82, 2.24) is 19.8 Å². The Balaban J connectivity index is 1.48. The van der Waals surface area contributed by atoms with E-state index in [2.05, 4.69) is 10.0 Å². The lowest BCUT2D eigenvalue weighted by Gasteiger charge is -2.44. The van der Waals surface area contributed by atoms with Crippen molar-refractivity contribution in [3.05, 3.63) is 34.9 Å². The quantitative estimate of drug-likeness (QED) is 0.758. The topological polar surface area (TPSA) is 47.1 Å². The number of hydrogen-bond acceptors (Lipinski definition) is 4. The van der Waals surface area contributed by atoms with Gasteiger partial charge < -0.3 is 9.80 Å². The average molecular weight is 379 g/mol. The second-order valence-electron chi connectivity index (χ2n) is 7.22. The standard InChI is InChI=1S/C19H27ClN4O2/c1-21(2)19(26)22-11-13-24(14-12-22)23-9-7-16(8-10-23)18(25)15-3-5-17(20)6-4-15/h3-6,16H,7-14H2,1-2H3. The second-order valence-corrected chi connectivity index (χ2v) is 7.65. The molecule has 2 fully saturated rings. The molecular weight excluding hydrogens is 352 g/mol. The number of piperazine rings is 1. The molecule has 26 heavy (non-hydrogen) atoms. The van der Waals surface area contributed by atoms with Crippen molar-refractivity contribution in [1.29, 1.82) is 0 Å². The molecule has 6 nitrogen and oxygen atoms in total. The Kier molecular flexibility index (Phi) is 6.16. The third-order valence-electron chi connectivity index (χ3n) is 5.28. The zero-order valence-corrected chi connectivity index (χ0v) is 16.3. The fourth-order valence-corrected chi connectivity index (χ4v) is 3.84. The fourth-order valence-electron chi connectivity index (χ4n) is 3.71. The van der Waals surface area contributed by atoms with Gasteiger partial charge in [-0.2, -0.15) is 0 Å². The van der Waals surface area contributed by atoms with Crippen LogP contribution in [0.1, 0.15) is 23.2 Å². The van der Waals surface area contributed by atoms with E-state index in [1.54, 1.807) is 31.1 Å². The molecule has 0 bridgehead atoms. The molecule has 0 radical (unpaired) electrons. The molecule has 1 aromatic carbocycles. The molecule has 0 aromatic heterocycles. The summed E-state index contributed by atoms with van der Waals surface area (Å²) in [5.41, 5.74) is 0.753. The van der Waals surface area contributed by atoms with Crippen LogP contribution >= 0.6 is 11.6 Å². The molecule has 2 saturated heterocycles. The minimum Gasteiger partial charge on any atom is -0.331 e. The summed E-state index contributed by atoms with van der Waals surface area (Å²) in [5, 5.41) is 5.34. The summed E-state index contributed by atoms with van der Waals surface area (Å²) in [5.74, 6) is 0.312. The van der Waals surface area contributed by atoms with Crippen molar-refractivity contribution < 1.29 is 9.59 Å². The van der Waals surface area contributed by atoms with Gasteiger partial charge in [0.2, 0.25) is 0 Å². The lowest BCUT2D eigenvalue weighted by Crippen LogP contribution is -2.57. The molecule has 0 atom stereocenters. The van der Waals surface area contributed by atoms with Gasteiger partial charge in [0.05, 0.1) is 0 Å². The van der Waals surface area contributed by atoms with Crippen LogP contribution in [0.2, 0.25) is 5.02 Å². The van der Waals surface area contributed by atoms with Crippen LogP contribution in [0.4, 0.5) is 4.79 Å². The molecule has 7 heteroatoms. The molecule has 2 heterocycles. The number of amides is 2. The predicted molar refractivity (Wildman–Crippen MR) is 102 cm³/mol. The first-order chi connectivity index (χ1) is 12.5. The van der Waals surface area contributed by atoms with Gasteiger partial charge in [0.1, 0.15) is 0 Å². The van der Waals surface area contributed by atoms with Gasteiger partial charge in [-0.3, -0.25) is 4.79 Å². The summed E-state index contributed by atoms with van der Waals surface area (Å²) in [7, 11) is 3.58. The normalized spacial score (nSPS) is 20.2. The highest BCUT2D eigenvalue weighted by atomic mass is 35.5. The van der Waals surface area contributed by atoms with Crippen molar-refractivity contribution in [2.75, 3.05) is 53.4 Å². The van der Waals surface area contributed by atoms with Gasteiger partial charge >= 0.3 is 6.03 Å². The van der Waals surface area contributed by atoms with Crippen LogP contribution in [0.15, 0.2) is 24.3 Å². The van der Waals surface area contributed by atoms with Crippen molar-refractivity contribution in [3.8, 4) is 0 Å². The van der Waals surface area contributed by atoms with Crippen LogP contribution in [-0.4, -0.2) is 85.0 Å². The molecule has 2 aliphatic rings. The van der Waals surface area contributed by atoms with Crippen LogP contribution in [0.5, 0.6) is 0 Å². The van der Waals surface area contributed by atoms with Crippen molar-refractivity contribution in [2.45, 2.75) is 12.8 Å². The van der Waals surface area contributed by atoms with E-state index >= 15 is 0 Å². The second kappa shape index (κ2) is 8.37. The number of carbonyl (C=O) groups is 2. The van der Waals surface area contributed by atoms with E-state index in [0.717, 1.165) is 57.7 Å². The number of urea groups is 1. The number of ketones is 1. The van der Waals surface area contributed by atoms with Crippen LogP contribution in [0.3, 0.4) is 0 Å². The Morgan fingerprint density at radius 1 is 0.923 bits per heavy atom. The van der Waals surface area contributed by atoms with Crippen molar-refractivity contribution in [2.24, 2.45) is 5.92 Å². The Hall–Kier alpha value is -1.63. The monoisotopic (exact) mass is 378 g/mol. The maximum Gasteiger partial charge on any atom is 0.319 e. The molecule has 2 aliphatic heterocycles. The molecule has 142 valence electrons. The number of benzene rings is 1. The van der Waals surface area contributed by atoms with Crippen LogP contribution < -0.4 is 0 Å². The average Bonchev–Trinajstić information content (AvgIpc) is 2.67. The Morgan fingerprint density at radius 3 is 2.00 bits per heavy atom. The fraction of sp³-hybridized carbons (Fsp3) is 0.579. The minimum absolute atomic E-state index is 0.0805. The van der Waals surface area contributed by atoms with Crippen LogP contribution in [-0.2, 0) is 0 Å². The molecule has 0 spiro atoms. The molecule has 0 N–H and O–H groups in total. The number of hydrazine groups is 1. The van der Waals surface area contributed by atoms with E-state index in [1.165, 1.54) is 0 Å². The largest absolute Gasteiger partial charge is 0.331 e. The summed E-state index contributed by atoms with van der Waals surface area (Å²) in [6, 6.07) is 7.27. The first-order valence-electron chi connectivity index (χ1n) is 9.21. The first kappa shape index (κ1) is 19.1. The Bertz CT molecular complexity index is 633. The number of nitrogens with zero attached hydrogens (tertiary/aromatic N) is 4. The predicted octanol–water partition coefficient (Wildman–Crippen LogP) is 2.45. The van der Waals surface area contributed by atoms with E-state index in [4.69, 9.17) is 11.6 Å². The molecule has 2 amide bonds. The third-order valence-corrected chi connectivity index (χ3v) is 5.53. The maximum atomic E-state index is 12.7. The molecule has 0 saturated carbocycles. The van der Waals surface area contributed by atoms with Crippen molar-refractivity contribution >= 4 is 23.4 Å². The van der Waals surface area contributed by atoms with Gasteiger partial charge in [-0.25, -0.2) is 14.8 Å². The van der Waals surface area contributed by atoms with Gasteiger partial charge in [-0.1, -0.05) is 11.6 Å². The molecular formula is C19H27ClN4O2. The van der Waals surface area contributed by atoms with Gasteiger partial charge in [0, 0.05) is 69.9 Å². The van der Waals surface area contributed by atoms with E-state index in [9.17, 15) is 9.59 Å². The first-order valence-corrected chi connectivity index (χ1v) is 9.59. The van der Waals surface area contributed by atoms with E-state index in [-0.39, 0.29) is 17.7 Å². The SMILES string of the molecule is CN(C)C(=O)N1CCN(N2CCC(C(=O)c3ccc(Cl)cc3)CC2)CC1. The zero-order valence-electron chi connectivity index (χ0n) is 15.5. The van der Waals surface area contributed by atoms with Crippen LogP contribution in [0, 0.1) is 5.92 Å². The summed E-state index contributed by atoms with van der Waals surface area (Å²) in [4.78, 5) is 28.2. The van der Waals surface area contributed by atoms with E-state index in [1.807, 2.05) is 17.0 Å². The molecule has 0 aliphatic carbocycles. The van der Waals surface area contributed by atoms with E-state index in [0.29, 0.717) is 5.02 Å². The number of piperidine rings is 1. The van der Waals surface area contributed by atoms with Gasteiger partial charge in [0.25, 0.3) is 0 Å². The van der Waals surface area contributed by atoms with Crippen molar-refractivity contribution in [3.63, 3.8) is 0 Å². The third kappa shape index (κ3) is 4.37. The lowest BCUT2D eigenvalue weighted by atomic mass is 9.89. The number of carbonyl (C=O) groups excluding carboxylic acids is 2. The summed E-state index contributed by atoms with van der Waals surface area (Å²) < 4.78 is 0. The molecule has 0 unspecified atom stereocenters. The van der Waals surface area contributed by atoms with Gasteiger partial charge in [-0.05, 0) is 37.1 Å². The smallest absolute Gasteiger partial charge is 0.319 e. The number of Topliss-reactive ketones (excluding diaryl/α,β-unsaturated/α-hetero) is 1. The number of hydrogen-bond donors (Lipinski definition) is 0. The minimum atomic E-state index is 0.0805. The highest BCUT2D eigenvalue weighted by molar-refractivity contribution is 6.30. The van der Waals surface area contributed by atoms with Gasteiger partial charge in [-0.15, -0.1) is 0 Å². The summed E-state index contributed by atoms with van der Waals surface area (Å²) >= 11 is 5.90. The summed E-state index contributed by atoms with van der Waals surface area (Å²) in [6.07, 6.45) is 1.75.